The van der Waals surface area contributed by atoms with Crippen molar-refractivity contribution < 1.29 is 9.53 Å². The van der Waals surface area contributed by atoms with Gasteiger partial charge in [-0.2, -0.15) is 0 Å². The lowest BCUT2D eigenvalue weighted by Crippen LogP contribution is -2.27. The van der Waals surface area contributed by atoms with Gasteiger partial charge in [0.15, 0.2) is 0 Å². The van der Waals surface area contributed by atoms with Crippen LogP contribution in [0.3, 0.4) is 0 Å². The van der Waals surface area contributed by atoms with Gasteiger partial charge in [0.2, 0.25) is 0 Å². The molecule has 1 atom stereocenters. The summed E-state index contributed by atoms with van der Waals surface area (Å²) in [4.78, 5) is 11.7. The van der Waals surface area contributed by atoms with Gasteiger partial charge in [-0.3, -0.25) is 0 Å². The van der Waals surface area contributed by atoms with Gasteiger partial charge in [0.25, 0.3) is 0 Å². The molecule has 0 aliphatic heterocycles. The van der Waals surface area contributed by atoms with Gasteiger partial charge >= 0.3 is 6.09 Å². The number of unbranched alkanes of at least 4 members (excludes halogenated alkanes) is 1. The lowest BCUT2D eigenvalue weighted by molar-refractivity contribution is 0.200. The van der Waals surface area contributed by atoms with Gasteiger partial charge in [-0.25, -0.2) is 4.79 Å². The smallest absolute Gasteiger partial charge is 0.410 e. The maximum atomic E-state index is 11.7. The quantitative estimate of drug-likeness (QED) is 0.647. The minimum absolute atomic E-state index is 0.274. The molecule has 0 saturated carbocycles. The molecule has 0 heterocycles. The highest BCUT2D eigenvalue weighted by molar-refractivity contribution is 6.30. The van der Waals surface area contributed by atoms with Crippen LogP contribution in [0.1, 0.15) is 50.2 Å². The Morgan fingerprint density at radius 1 is 1.12 bits per heavy atom. The number of rotatable bonds is 7. The summed E-state index contributed by atoms with van der Waals surface area (Å²) in [6.07, 6.45) is 2.55. The van der Waals surface area contributed by atoms with Crippen molar-refractivity contribution in [3.05, 3.63) is 64.7 Å². The minimum Gasteiger partial charge on any atom is -0.410 e. The SMILES string of the molecule is CCCCNC(=O)Oc1ccc(C(CC)c2cccc(Cl)c2)cc1. The number of hydrogen-bond acceptors (Lipinski definition) is 2. The summed E-state index contributed by atoms with van der Waals surface area (Å²) in [7, 11) is 0. The van der Waals surface area contributed by atoms with E-state index in [-0.39, 0.29) is 5.92 Å². The first kappa shape index (κ1) is 18.3. The number of carbonyl (C=O) groups excluding carboxylic acids is 1. The highest BCUT2D eigenvalue weighted by Crippen LogP contribution is 2.30. The molecule has 0 radical (unpaired) electrons. The fourth-order valence-electron chi connectivity index (χ4n) is 2.67. The highest BCUT2D eigenvalue weighted by Gasteiger charge is 2.13. The molecule has 2 aromatic rings. The zero-order chi connectivity index (χ0) is 17.4. The lowest BCUT2D eigenvalue weighted by atomic mass is 9.89. The Morgan fingerprint density at radius 3 is 2.50 bits per heavy atom. The molecule has 1 N–H and O–H groups in total. The van der Waals surface area contributed by atoms with E-state index in [9.17, 15) is 4.79 Å². The molecule has 0 saturated heterocycles. The number of benzene rings is 2. The van der Waals surface area contributed by atoms with Crippen LogP contribution in [0.15, 0.2) is 48.5 Å². The van der Waals surface area contributed by atoms with E-state index in [1.54, 1.807) is 0 Å². The third-order valence-electron chi connectivity index (χ3n) is 3.95. The van der Waals surface area contributed by atoms with Crippen molar-refractivity contribution in [2.24, 2.45) is 0 Å². The Hall–Kier alpha value is -2.00. The first-order valence-electron chi connectivity index (χ1n) is 8.45. The molecule has 1 unspecified atom stereocenters. The minimum atomic E-state index is -0.405. The van der Waals surface area contributed by atoms with Crippen molar-refractivity contribution in [3.8, 4) is 5.75 Å². The lowest BCUT2D eigenvalue weighted by Gasteiger charge is -2.16. The van der Waals surface area contributed by atoms with E-state index in [0.717, 1.165) is 24.3 Å². The van der Waals surface area contributed by atoms with Gasteiger partial charge < -0.3 is 10.1 Å². The first-order valence-corrected chi connectivity index (χ1v) is 8.83. The Kier molecular flexibility index (Phi) is 7.13. The number of halogens is 1. The van der Waals surface area contributed by atoms with Crippen LogP contribution >= 0.6 is 11.6 Å². The summed E-state index contributed by atoms with van der Waals surface area (Å²) in [5.41, 5.74) is 2.37. The van der Waals surface area contributed by atoms with Crippen LogP contribution in [-0.4, -0.2) is 12.6 Å². The molecule has 0 aromatic heterocycles. The van der Waals surface area contributed by atoms with E-state index >= 15 is 0 Å². The normalized spacial score (nSPS) is 11.8. The Bertz CT molecular complexity index is 655. The van der Waals surface area contributed by atoms with Crippen LogP contribution < -0.4 is 10.1 Å². The fourth-order valence-corrected chi connectivity index (χ4v) is 2.86. The van der Waals surface area contributed by atoms with E-state index in [1.807, 2.05) is 42.5 Å². The zero-order valence-electron chi connectivity index (χ0n) is 14.2. The maximum Gasteiger partial charge on any atom is 0.412 e. The molecular weight excluding hydrogens is 322 g/mol. The molecular formula is C20H24ClNO2. The van der Waals surface area contributed by atoms with Gasteiger partial charge in [-0.1, -0.05) is 56.1 Å². The number of nitrogens with one attached hydrogen (secondary N) is 1. The van der Waals surface area contributed by atoms with Crippen LogP contribution in [0.2, 0.25) is 5.02 Å². The molecule has 2 aromatic carbocycles. The predicted molar refractivity (Wildman–Crippen MR) is 99.0 cm³/mol. The molecule has 0 spiro atoms. The number of amides is 1. The largest absolute Gasteiger partial charge is 0.412 e. The second-order valence-corrected chi connectivity index (χ2v) is 6.19. The molecule has 0 fully saturated rings. The van der Waals surface area contributed by atoms with Gasteiger partial charge in [0, 0.05) is 17.5 Å². The number of hydrogen-bond donors (Lipinski definition) is 1. The highest BCUT2D eigenvalue weighted by atomic mass is 35.5. The van der Waals surface area contributed by atoms with Gasteiger partial charge in [0.05, 0.1) is 0 Å². The molecule has 4 heteroatoms. The average molecular weight is 346 g/mol. The molecule has 0 aliphatic carbocycles. The Balaban J connectivity index is 2.03. The van der Waals surface area contributed by atoms with Crippen molar-refractivity contribution in [1.29, 1.82) is 0 Å². The third-order valence-corrected chi connectivity index (χ3v) is 4.19. The molecule has 1 amide bonds. The average Bonchev–Trinajstić information content (AvgIpc) is 2.57. The standard InChI is InChI=1S/C20H24ClNO2/c1-3-5-13-22-20(23)24-18-11-9-15(10-12-18)19(4-2)16-7-6-8-17(21)14-16/h6-12,14,19H,3-5,13H2,1-2H3,(H,22,23). The summed E-state index contributed by atoms with van der Waals surface area (Å²) in [6.45, 7) is 4.87. The monoisotopic (exact) mass is 345 g/mol. The summed E-state index contributed by atoms with van der Waals surface area (Å²) in [6, 6.07) is 15.6. The van der Waals surface area contributed by atoms with Gasteiger partial charge in [-0.15, -0.1) is 0 Å². The maximum absolute atomic E-state index is 11.7. The molecule has 128 valence electrons. The fraction of sp³-hybridized carbons (Fsp3) is 0.350. The van der Waals surface area contributed by atoms with E-state index in [0.29, 0.717) is 12.3 Å². The van der Waals surface area contributed by atoms with Crippen LogP contribution in [0.5, 0.6) is 5.75 Å². The third kappa shape index (κ3) is 5.27. The number of ether oxygens (including phenoxy) is 1. The predicted octanol–water partition coefficient (Wildman–Crippen LogP) is 5.77. The molecule has 0 aliphatic rings. The summed E-state index contributed by atoms with van der Waals surface area (Å²) in [5, 5.41) is 3.48. The molecule has 0 bridgehead atoms. The van der Waals surface area contributed by atoms with Crippen molar-refractivity contribution in [2.75, 3.05) is 6.54 Å². The molecule has 3 nitrogen and oxygen atoms in total. The topological polar surface area (TPSA) is 38.3 Å². The van der Waals surface area contributed by atoms with Gasteiger partial charge in [0.1, 0.15) is 5.75 Å². The van der Waals surface area contributed by atoms with E-state index in [2.05, 4.69) is 25.2 Å². The van der Waals surface area contributed by atoms with Crippen molar-refractivity contribution in [2.45, 2.75) is 39.0 Å². The Labute approximate surface area is 149 Å². The van der Waals surface area contributed by atoms with Crippen molar-refractivity contribution in [3.63, 3.8) is 0 Å². The second-order valence-electron chi connectivity index (χ2n) is 5.75. The van der Waals surface area contributed by atoms with Crippen LogP contribution in [0, 0.1) is 0 Å². The van der Waals surface area contributed by atoms with Crippen molar-refractivity contribution >= 4 is 17.7 Å². The first-order chi connectivity index (χ1) is 11.6. The van der Waals surface area contributed by atoms with Crippen molar-refractivity contribution in [1.82, 2.24) is 5.32 Å². The summed E-state index contributed by atoms with van der Waals surface area (Å²) in [5.74, 6) is 0.824. The zero-order valence-corrected chi connectivity index (χ0v) is 15.0. The molecule has 2 rings (SSSR count). The number of carbonyl (C=O) groups is 1. The Morgan fingerprint density at radius 2 is 1.88 bits per heavy atom. The van der Waals surface area contributed by atoms with Crippen LogP contribution in [0.25, 0.3) is 0 Å². The van der Waals surface area contributed by atoms with Crippen LogP contribution in [0.4, 0.5) is 4.79 Å². The van der Waals surface area contributed by atoms with E-state index in [4.69, 9.17) is 16.3 Å². The van der Waals surface area contributed by atoms with Gasteiger partial charge in [-0.05, 0) is 48.2 Å². The summed E-state index contributed by atoms with van der Waals surface area (Å²) >= 11 is 6.10. The second kappa shape index (κ2) is 9.33. The van der Waals surface area contributed by atoms with Crippen LogP contribution in [-0.2, 0) is 0 Å². The summed E-state index contributed by atoms with van der Waals surface area (Å²) < 4.78 is 5.28. The van der Waals surface area contributed by atoms with E-state index in [1.165, 1.54) is 11.1 Å². The molecule has 24 heavy (non-hydrogen) atoms. The van der Waals surface area contributed by atoms with E-state index < -0.39 is 6.09 Å².